The summed E-state index contributed by atoms with van der Waals surface area (Å²) in [4.78, 5) is 34.8. The SMILES string of the molecule is Cc1nc(N2C(=O)C3=C(C(=O)C4CCCCC4O3)C2c2ccc(C(C)(C)C)cc2)sc1C. The lowest BCUT2D eigenvalue weighted by Gasteiger charge is -2.35. The van der Waals surface area contributed by atoms with Crippen molar-refractivity contribution in [3.8, 4) is 0 Å². The molecule has 1 amide bonds. The van der Waals surface area contributed by atoms with Gasteiger partial charge < -0.3 is 4.74 Å². The van der Waals surface area contributed by atoms with Crippen LogP contribution >= 0.6 is 11.3 Å². The predicted molar refractivity (Wildman–Crippen MR) is 126 cm³/mol. The number of hydrogen-bond donors (Lipinski definition) is 0. The maximum atomic E-state index is 13.7. The third kappa shape index (κ3) is 3.31. The molecule has 1 aromatic heterocycles. The summed E-state index contributed by atoms with van der Waals surface area (Å²) >= 11 is 1.49. The van der Waals surface area contributed by atoms with Gasteiger partial charge in [0, 0.05) is 4.88 Å². The van der Waals surface area contributed by atoms with Crippen molar-refractivity contribution >= 4 is 28.2 Å². The highest BCUT2D eigenvalue weighted by molar-refractivity contribution is 7.15. The fourth-order valence-corrected chi connectivity index (χ4v) is 6.02. The van der Waals surface area contributed by atoms with E-state index in [0.717, 1.165) is 41.8 Å². The number of amides is 1. The third-order valence-electron chi connectivity index (χ3n) is 7.08. The number of Topliss-reactive ketones (excluding diaryl/α,β-unsaturated/α-hetero) is 1. The molecule has 1 fully saturated rings. The Morgan fingerprint density at radius 1 is 1.06 bits per heavy atom. The average molecular weight is 451 g/mol. The summed E-state index contributed by atoms with van der Waals surface area (Å²) in [6.07, 6.45) is 3.56. The van der Waals surface area contributed by atoms with E-state index < -0.39 is 6.04 Å². The van der Waals surface area contributed by atoms with E-state index in [0.29, 0.717) is 10.7 Å². The Balaban J connectivity index is 1.64. The lowest BCUT2D eigenvalue weighted by molar-refractivity contribution is -0.131. The van der Waals surface area contributed by atoms with Crippen LogP contribution in [-0.4, -0.2) is 22.8 Å². The highest BCUT2D eigenvalue weighted by Gasteiger charge is 2.53. The Hall–Kier alpha value is -2.47. The van der Waals surface area contributed by atoms with Crippen molar-refractivity contribution in [1.29, 1.82) is 0 Å². The standard InChI is InChI=1S/C26H30N2O3S/c1-14-15(2)32-25(27-14)28-21(16-10-12-17(13-11-16)26(3,4)5)20-22(29)18-8-6-7-9-19(18)31-23(20)24(28)30/h10-13,18-19,21H,6-9H2,1-5H3. The van der Waals surface area contributed by atoms with E-state index in [1.54, 1.807) is 4.90 Å². The summed E-state index contributed by atoms with van der Waals surface area (Å²) in [5, 5.41) is 0.628. The second-order valence-corrected chi connectivity index (χ2v) is 11.4. The van der Waals surface area contributed by atoms with Gasteiger partial charge in [0.1, 0.15) is 6.10 Å². The first-order valence-corrected chi connectivity index (χ1v) is 12.3. The zero-order valence-electron chi connectivity index (χ0n) is 19.4. The number of benzene rings is 1. The summed E-state index contributed by atoms with van der Waals surface area (Å²) in [6, 6.07) is 7.81. The van der Waals surface area contributed by atoms with E-state index in [1.165, 1.54) is 16.9 Å². The van der Waals surface area contributed by atoms with Crippen LogP contribution in [0.2, 0.25) is 0 Å². The van der Waals surface area contributed by atoms with Gasteiger partial charge in [0.15, 0.2) is 16.7 Å². The monoisotopic (exact) mass is 450 g/mol. The minimum absolute atomic E-state index is 0.0246. The number of ether oxygens (including phenoxy) is 1. The molecule has 0 bridgehead atoms. The van der Waals surface area contributed by atoms with E-state index in [4.69, 9.17) is 4.74 Å². The van der Waals surface area contributed by atoms with Crippen LogP contribution in [0.3, 0.4) is 0 Å². The van der Waals surface area contributed by atoms with Gasteiger partial charge >= 0.3 is 0 Å². The molecule has 1 aliphatic carbocycles. The normalized spacial score (nSPS) is 25.7. The minimum atomic E-state index is -0.494. The first-order valence-electron chi connectivity index (χ1n) is 11.5. The molecule has 0 radical (unpaired) electrons. The van der Waals surface area contributed by atoms with Gasteiger partial charge in [-0.15, -0.1) is 11.3 Å². The maximum absolute atomic E-state index is 13.7. The van der Waals surface area contributed by atoms with Gasteiger partial charge in [-0.1, -0.05) is 51.5 Å². The largest absolute Gasteiger partial charge is 0.483 e. The van der Waals surface area contributed by atoms with Crippen LogP contribution in [0.15, 0.2) is 35.6 Å². The molecule has 1 aromatic carbocycles. The number of carbonyl (C=O) groups is 2. The lowest BCUT2D eigenvalue weighted by atomic mass is 9.77. The summed E-state index contributed by atoms with van der Waals surface area (Å²) in [6.45, 7) is 10.5. The molecule has 3 unspecified atom stereocenters. The van der Waals surface area contributed by atoms with Crippen molar-refractivity contribution in [2.45, 2.75) is 77.9 Å². The van der Waals surface area contributed by atoms with Crippen molar-refractivity contribution in [1.82, 2.24) is 4.98 Å². The molecule has 0 saturated heterocycles. The average Bonchev–Trinajstić information content (AvgIpc) is 3.24. The Bertz CT molecular complexity index is 1100. The van der Waals surface area contributed by atoms with Crippen LogP contribution in [-0.2, 0) is 19.7 Å². The molecule has 2 aliphatic heterocycles. The highest BCUT2D eigenvalue weighted by atomic mass is 32.1. The Labute approximate surface area is 193 Å². The van der Waals surface area contributed by atoms with Crippen LogP contribution in [0.4, 0.5) is 5.13 Å². The topological polar surface area (TPSA) is 59.5 Å². The minimum Gasteiger partial charge on any atom is -0.483 e. The second-order valence-electron chi connectivity index (χ2n) is 10.2. The van der Waals surface area contributed by atoms with Gasteiger partial charge in [-0.05, 0) is 49.7 Å². The Morgan fingerprint density at radius 3 is 2.38 bits per heavy atom. The van der Waals surface area contributed by atoms with Crippen LogP contribution in [0.1, 0.15) is 74.2 Å². The number of thiazole rings is 1. The molecule has 5 nitrogen and oxygen atoms in total. The van der Waals surface area contributed by atoms with Crippen molar-refractivity contribution in [3.63, 3.8) is 0 Å². The zero-order valence-corrected chi connectivity index (χ0v) is 20.2. The second kappa shape index (κ2) is 7.55. The molecule has 32 heavy (non-hydrogen) atoms. The van der Waals surface area contributed by atoms with Gasteiger partial charge in [-0.3, -0.25) is 14.5 Å². The number of ketones is 1. The molecular weight excluding hydrogens is 420 g/mol. The fraction of sp³-hybridized carbons (Fsp3) is 0.500. The number of fused-ring (bicyclic) bond motifs is 1. The summed E-state index contributed by atoms with van der Waals surface area (Å²) in [5.41, 5.74) is 3.59. The number of rotatable bonds is 2. The van der Waals surface area contributed by atoms with E-state index in [1.807, 2.05) is 13.8 Å². The van der Waals surface area contributed by atoms with Gasteiger partial charge in [-0.25, -0.2) is 4.98 Å². The molecule has 3 aliphatic rings. The number of hydrogen-bond acceptors (Lipinski definition) is 5. The van der Waals surface area contributed by atoms with E-state index in [-0.39, 0.29) is 34.9 Å². The van der Waals surface area contributed by atoms with Gasteiger partial charge in [0.05, 0.1) is 23.2 Å². The zero-order chi connectivity index (χ0) is 22.8. The Morgan fingerprint density at radius 2 is 1.75 bits per heavy atom. The van der Waals surface area contributed by atoms with Gasteiger partial charge in [0.2, 0.25) is 0 Å². The smallest absolute Gasteiger partial charge is 0.296 e. The van der Waals surface area contributed by atoms with Crippen molar-refractivity contribution < 1.29 is 14.3 Å². The molecule has 1 saturated carbocycles. The molecule has 0 spiro atoms. The summed E-state index contributed by atoms with van der Waals surface area (Å²) < 4.78 is 6.26. The molecule has 3 heterocycles. The molecule has 6 heteroatoms. The molecule has 2 aromatic rings. The van der Waals surface area contributed by atoms with Crippen molar-refractivity contribution in [3.05, 3.63) is 57.3 Å². The molecule has 0 N–H and O–H groups in total. The number of aromatic nitrogens is 1. The predicted octanol–water partition coefficient (Wildman–Crippen LogP) is 5.56. The first-order chi connectivity index (χ1) is 15.2. The van der Waals surface area contributed by atoms with Crippen LogP contribution < -0.4 is 4.90 Å². The van der Waals surface area contributed by atoms with Crippen LogP contribution in [0.25, 0.3) is 0 Å². The summed E-state index contributed by atoms with van der Waals surface area (Å²) in [5.74, 6) is -0.0577. The molecule has 168 valence electrons. The van der Waals surface area contributed by atoms with E-state index >= 15 is 0 Å². The van der Waals surface area contributed by atoms with Crippen molar-refractivity contribution in [2.24, 2.45) is 5.92 Å². The van der Waals surface area contributed by atoms with Crippen molar-refractivity contribution in [2.75, 3.05) is 4.90 Å². The quantitative estimate of drug-likeness (QED) is 0.601. The van der Waals surface area contributed by atoms with Crippen LogP contribution in [0, 0.1) is 19.8 Å². The number of nitrogens with zero attached hydrogens (tertiary/aromatic N) is 2. The number of anilines is 1. The first kappa shape index (κ1) is 21.4. The number of carbonyl (C=O) groups excluding carboxylic acids is 2. The third-order valence-corrected chi connectivity index (χ3v) is 8.15. The lowest BCUT2D eigenvalue weighted by Crippen LogP contribution is -2.39. The Kier molecular flexibility index (Phi) is 5.04. The van der Waals surface area contributed by atoms with Gasteiger partial charge in [-0.2, -0.15) is 0 Å². The highest BCUT2D eigenvalue weighted by Crippen LogP contribution is 2.49. The van der Waals surface area contributed by atoms with E-state index in [9.17, 15) is 9.59 Å². The van der Waals surface area contributed by atoms with E-state index in [2.05, 4.69) is 50.0 Å². The number of aryl methyl sites for hydroxylation is 2. The van der Waals surface area contributed by atoms with Crippen LogP contribution in [0.5, 0.6) is 0 Å². The van der Waals surface area contributed by atoms with Gasteiger partial charge in [0.25, 0.3) is 5.91 Å². The fourth-order valence-electron chi connectivity index (χ4n) is 5.08. The molecule has 5 rings (SSSR count). The summed E-state index contributed by atoms with van der Waals surface area (Å²) in [7, 11) is 0. The molecule has 3 atom stereocenters. The maximum Gasteiger partial charge on any atom is 0.296 e. The molecular formula is C26H30N2O3S.